The normalized spacial score (nSPS) is 11.7. The summed E-state index contributed by atoms with van der Waals surface area (Å²) in [6.07, 6.45) is 8.16. The lowest BCUT2D eigenvalue weighted by atomic mass is 10.0. The second kappa shape index (κ2) is 11.9. The van der Waals surface area contributed by atoms with Gasteiger partial charge in [0.2, 0.25) is 0 Å². The van der Waals surface area contributed by atoms with Crippen LogP contribution in [0.3, 0.4) is 0 Å². The molecule has 0 saturated carbocycles. The molecule has 0 aliphatic heterocycles. The fraction of sp³-hybridized carbons (Fsp3) is 0.200. The monoisotopic (exact) mass is 556 g/mol. The molecule has 4 N–H and O–H groups in total. The van der Waals surface area contributed by atoms with Crippen molar-refractivity contribution in [3.63, 3.8) is 0 Å². The Morgan fingerprint density at radius 2 is 1.66 bits per heavy atom. The van der Waals surface area contributed by atoms with Crippen molar-refractivity contribution in [2.45, 2.75) is 25.4 Å². The number of hydrogen-bond donors (Lipinski definition) is 4. The first-order valence-electron chi connectivity index (χ1n) is 11.5. The number of carboxylic acid groups (broad SMARTS) is 1. The van der Waals surface area contributed by atoms with E-state index in [-0.39, 0.29) is 39.1 Å². The van der Waals surface area contributed by atoms with Crippen molar-refractivity contribution in [1.82, 2.24) is 14.5 Å². The third kappa shape index (κ3) is 6.18. The molecule has 0 radical (unpaired) electrons. The molecule has 2 aromatic heterocycles. The molecule has 11 nitrogen and oxygen atoms in total. The summed E-state index contributed by atoms with van der Waals surface area (Å²) in [5.41, 5.74) is -0.243. The predicted octanol–water partition coefficient (Wildman–Crippen LogP) is 3.56. The van der Waals surface area contributed by atoms with Crippen LogP contribution in [0, 0.1) is 0 Å². The van der Waals surface area contributed by atoms with E-state index in [1.54, 1.807) is 24.7 Å². The van der Waals surface area contributed by atoms with Crippen LogP contribution in [-0.4, -0.2) is 38.1 Å². The molecule has 2 heterocycles. The Bertz CT molecular complexity index is 1490. The van der Waals surface area contributed by atoms with Gasteiger partial charge in [-0.1, -0.05) is 35.3 Å². The summed E-state index contributed by atoms with van der Waals surface area (Å²) in [4.78, 5) is 56.4. The van der Waals surface area contributed by atoms with Crippen molar-refractivity contribution in [1.29, 1.82) is 0 Å². The third-order valence-corrected chi connectivity index (χ3v) is 6.30. The maximum absolute atomic E-state index is 12.7. The zero-order valence-corrected chi connectivity index (χ0v) is 21.3. The van der Waals surface area contributed by atoms with E-state index in [0.29, 0.717) is 25.1 Å². The first-order chi connectivity index (χ1) is 18.2. The Morgan fingerprint density at radius 1 is 0.974 bits per heavy atom. The van der Waals surface area contributed by atoms with E-state index in [1.807, 2.05) is 10.8 Å². The van der Waals surface area contributed by atoms with E-state index in [2.05, 4.69) is 25.9 Å². The SMILES string of the molecule is O=C(O)CC(Nc1c(NCCCn2ccnc2)c(=O)c1=O)c1ccc(C(=O)Nc2c(Cl)cncc2Cl)cc1. The number of aryl methyl sites for hydroxylation is 1. The van der Waals surface area contributed by atoms with Crippen LogP contribution in [0.2, 0.25) is 10.0 Å². The molecule has 4 aromatic rings. The van der Waals surface area contributed by atoms with E-state index in [4.69, 9.17) is 23.2 Å². The highest BCUT2D eigenvalue weighted by atomic mass is 35.5. The quantitative estimate of drug-likeness (QED) is 0.151. The number of hydrogen-bond acceptors (Lipinski definition) is 8. The summed E-state index contributed by atoms with van der Waals surface area (Å²) >= 11 is 12.1. The number of rotatable bonds is 12. The number of imidazole rings is 1. The van der Waals surface area contributed by atoms with Gasteiger partial charge in [0.1, 0.15) is 11.4 Å². The lowest BCUT2D eigenvalue weighted by molar-refractivity contribution is -0.137. The Kier molecular flexibility index (Phi) is 8.39. The van der Waals surface area contributed by atoms with Gasteiger partial charge >= 0.3 is 5.97 Å². The van der Waals surface area contributed by atoms with Gasteiger partial charge in [-0.25, -0.2) is 4.98 Å². The van der Waals surface area contributed by atoms with Gasteiger partial charge in [-0.3, -0.25) is 24.2 Å². The summed E-state index contributed by atoms with van der Waals surface area (Å²) in [6, 6.07) is 5.30. The highest BCUT2D eigenvalue weighted by molar-refractivity contribution is 6.39. The van der Waals surface area contributed by atoms with E-state index >= 15 is 0 Å². The average molecular weight is 557 g/mol. The summed E-state index contributed by atoms with van der Waals surface area (Å²) in [6.45, 7) is 1.10. The number of aromatic nitrogens is 3. The lowest BCUT2D eigenvalue weighted by Gasteiger charge is -2.22. The lowest BCUT2D eigenvalue weighted by Crippen LogP contribution is -2.38. The maximum atomic E-state index is 12.7. The number of nitrogens with zero attached hydrogens (tertiary/aromatic N) is 3. The number of nitrogens with one attached hydrogen (secondary N) is 3. The molecule has 1 unspecified atom stereocenters. The third-order valence-electron chi connectivity index (χ3n) is 5.73. The Labute approximate surface area is 226 Å². The van der Waals surface area contributed by atoms with E-state index in [0.717, 1.165) is 0 Å². The minimum absolute atomic E-state index is 0.0349. The molecule has 0 saturated heterocycles. The second-order valence-corrected chi connectivity index (χ2v) is 9.15. The first kappa shape index (κ1) is 26.8. The number of anilines is 3. The number of benzene rings is 1. The molecule has 0 bridgehead atoms. The Morgan fingerprint density at radius 3 is 2.29 bits per heavy atom. The van der Waals surface area contributed by atoms with Crippen molar-refractivity contribution < 1.29 is 14.7 Å². The second-order valence-electron chi connectivity index (χ2n) is 8.34. The van der Waals surface area contributed by atoms with E-state index in [9.17, 15) is 24.3 Å². The van der Waals surface area contributed by atoms with Crippen LogP contribution in [0.1, 0.15) is 34.8 Å². The highest BCUT2D eigenvalue weighted by Crippen LogP contribution is 2.30. The van der Waals surface area contributed by atoms with E-state index in [1.165, 1.54) is 24.5 Å². The number of halogens is 2. The molecule has 38 heavy (non-hydrogen) atoms. The fourth-order valence-corrected chi connectivity index (χ4v) is 4.24. The molecule has 2 aromatic carbocycles. The van der Waals surface area contributed by atoms with Crippen LogP contribution in [0.15, 0.2) is 65.0 Å². The number of aliphatic carboxylic acids is 1. The zero-order valence-electron chi connectivity index (χ0n) is 19.8. The maximum Gasteiger partial charge on any atom is 0.305 e. The fourth-order valence-electron chi connectivity index (χ4n) is 3.78. The molecule has 196 valence electrons. The number of carbonyl (C=O) groups excluding carboxylic acids is 1. The van der Waals surface area contributed by atoms with Crippen molar-refractivity contribution in [2.24, 2.45) is 0 Å². The molecule has 0 spiro atoms. The molecule has 0 aliphatic carbocycles. The van der Waals surface area contributed by atoms with Crippen LogP contribution >= 0.6 is 23.2 Å². The largest absolute Gasteiger partial charge is 0.481 e. The summed E-state index contributed by atoms with van der Waals surface area (Å²) in [5.74, 6) is -1.60. The molecule has 4 rings (SSSR count). The smallest absolute Gasteiger partial charge is 0.305 e. The topological polar surface area (TPSA) is 155 Å². The highest BCUT2D eigenvalue weighted by Gasteiger charge is 2.25. The zero-order chi connectivity index (χ0) is 27.2. The number of carboxylic acids is 1. The van der Waals surface area contributed by atoms with Crippen molar-refractivity contribution in [3.8, 4) is 0 Å². The van der Waals surface area contributed by atoms with Crippen LogP contribution in [0.5, 0.6) is 0 Å². The van der Waals surface area contributed by atoms with Crippen LogP contribution in [0.25, 0.3) is 0 Å². The average Bonchev–Trinajstić information content (AvgIpc) is 3.42. The van der Waals surface area contributed by atoms with Gasteiger partial charge in [0, 0.05) is 43.4 Å². The standard InChI is InChI=1S/C25H22Cl2N6O5/c26-16-11-29-12-17(27)20(16)32-25(38)15-4-2-14(3-5-15)18(10-19(34)35)31-22-21(23(36)24(22)37)30-6-1-8-33-9-7-28-13-33/h2-5,7,9,11-13,18,30-31H,1,6,8,10H2,(H,34,35)(H,29,32,38). The van der Waals surface area contributed by atoms with Crippen molar-refractivity contribution in [2.75, 3.05) is 22.5 Å². The van der Waals surface area contributed by atoms with Gasteiger partial charge in [0.05, 0.1) is 34.5 Å². The van der Waals surface area contributed by atoms with E-state index < -0.39 is 28.8 Å². The molecular formula is C25H22Cl2N6O5. The Balaban J connectivity index is 1.45. The van der Waals surface area contributed by atoms with Gasteiger partial charge in [-0.2, -0.15) is 0 Å². The number of pyridine rings is 1. The molecular weight excluding hydrogens is 535 g/mol. The predicted molar refractivity (Wildman–Crippen MR) is 144 cm³/mol. The summed E-state index contributed by atoms with van der Waals surface area (Å²) in [7, 11) is 0. The van der Waals surface area contributed by atoms with Crippen molar-refractivity contribution in [3.05, 3.63) is 97.0 Å². The molecule has 0 fully saturated rings. The number of amides is 1. The molecule has 0 aliphatic rings. The minimum atomic E-state index is -1.11. The van der Waals surface area contributed by atoms with Gasteiger partial charge in [-0.15, -0.1) is 0 Å². The van der Waals surface area contributed by atoms with Crippen molar-refractivity contribution >= 4 is 52.1 Å². The number of carbonyl (C=O) groups is 2. The van der Waals surface area contributed by atoms with Crippen LogP contribution in [0.4, 0.5) is 17.1 Å². The van der Waals surface area contributed by atoms with Gasteiger partial charge < -0.3 is 25.6 Å². The van der Waals surface area contributed by atoms with Gasteiger partial charge in [0.25, 0.3) is 16.8 Å². The molecule has 1 atom stereocenters. The minimum Gasteiger partial charge on any atom is -0.481 e. The Hall–Kier alpha value is -4.22. The molecule has 13 heteroatoms. The summed E-state index contributed by atoms with van der Waals surface area (Å²) < 4.78 is 1.88. The molecule has 1 amide bonds. The summed E-state index contributed by atoms with van der Waals surface area (Å²) in [5, 5.41) is 18.3. The van der Waals surface area contributed by atoms with Crippen LogP contribution in [-0.2, 0) is 11.3 Å². The van der Waals surface area contributed by atoms with Gasteiger partial charge in [0.15, 0.2) is 0 Å². The van der Waals surface area contributed by atoms with Crippen LogP contribution < -0.4 is 26.8 Å². The first-order valence-corrected chi connectivity index (χ1v) is 12.2. The van der Waals surface area contributed by atoms with Gasteiger partial charge in [-0.05, 0) is 24.1 Å².